The number of ether oxygens (including phenoxy) is 2. The van der Waals surface area contributed by atoms with Gasteiger partial charge in [0.25, 0.3) is 0 Å². The van der Waals surface area contributed by atoms with Crippen LogP contribution in [0.4, 0.5) is 15.9 Å². The van der Waals surface area contributed by atoms with E-state index in [1.165, 1.54) is 23.4 Å². The van der Waals surface area contributed by atoms with E-state index in [1.54, 1.807) is 30.6 Å². The molecule has 3 unspecified atom stereocenters. The molecule has 4 amide bonds. The Kier molecular flexibility index (Phi) is 20.0. The van der Waals surface area contributed by atoms with Crippen LogP contribution in [0.1, 0.15) is 103 Å². The van der Waals surface area contributed by atoms with Crippen molar-refractivity contribution in [2.75, 3.05) is 58.3 Å². The van der Waals surface area contributed by atoms with E-state index in [-0.39, 0.29) is 54.6 Å². The molecule has 3 aromatic carbocycles. The lowest BCUT2D eigenvalue weighted by molar-refractivity contribution is -0.144. The first-order valence-electron chi connectivity index (χ1n) is 25.8. The van der Waals surface area contributed by atoms with Crippen LogP contribution >= 0.6 is 22.9 Å². The largest absolute Gasteiger partial charge is 0.493 e. The number of likely N-dealkylation sites (tertiary alicyclic amines) is 1. The number of aromatic nitrogens is 3. The molecule has 5 aromatic rings. The highest BCUT2D eigenvalue weighted by molar-refractivity contribution is 7.13. The van der Waals surface area contributed by atoms with E-state index in [0.717, 1.165) is 86.3 Å². The molecule has 3 atom stereocenters. The second-order valence-electron chi connectivity index (χ2n) is 20.3. The second-order valence-corrected chi connectivity index (χ2v) is 21.6. The average molecular weight is 1060 g/mol. The number of halogens is 2. The summed E-state index contributed by atoms with van der Waals surface area (Å²) < 4.78 is 25.5. The lowest BCUT2D eigenvalue weighted by Crippen LogP contribution is -2.57. The first-order chi connectivity index (χ1) is 35.6. The normalized spacial score (nSPS) is 16.5. The van der Waals surface area contributed by atoms with Crippen LogP contribution in [-0.4, -0.2) is 130 Å². The highest BCUT2D eigenvalue weighted by Gasteiger charge is 2.44. The van der Waals surface area contributed by atoms with Gasteiger partial charge in [-0.15, -0.1) is 11.3 Å². The Labute approximate surface area is 442 Å². The van der Waals surface area contributed by atoms with Crippen LogP contribution in [0.3, 0.4) is 0 Å². The molecule has 0 aliphatic carbocycles. The van der Waals surface area contributed by atoms with Crippen molar-refractivity contribution in [3.63, 3.8) is 0 Å². The molecule has 2 aliphatic rings. The number of anilines is 2. The van der Waals surface area contributed by atoms with Crippen LogP contribution in [0.5, 0.6) is 11.5 Å². The van der Waals surface area contributed by atoms with Crippen molar-refractivity contribution in [1.29, 1.82) is 0 Å². The number of aliphatic hydroxyl groups is 1. The molecule has 74 heavy (non-hydrogen) atoms. The molecule has 19 heteroatoms. The summed E-state index contributed by atoms with van der Waals surface area (Å²) in [5, 5.41) is 20.4. The number of thiazole rings is 1. The molecule has 398 valence electrons. The number of aryl methyl sites for hydroxylation is 1. The number of nitrogens with zero attached hydrogens (tertiary/aromatic N) is 6. The molecule has 7 rings (SSSR count). The zero-order valence-corrected chi connectivity index (χ0v) is 44.8. The van der Waals surface area contributed by atoms with E-state index in [0.29, 0.717) is 66.4 Å². The molecule has 0 bridgehead atoms. The maximum absolute atomic E-state index is 14.0. The average Bonchev–Trinajstić information content (AvgIpc) is 4.01. The van der Waals surface area contributed by atoms with Gasteiger partial charge in [0, 0.05) is 82.2 Å². The summed E-state index contributed by atoms with van der Waals surface area (Å²) in [6.07, 6.45) is 8.77. The molecular weight excluding hydrogens is 985 g/mol. The number of nitrogens with one attached hydrogen (secondary N) is 3. The van der Waals surface area contributed by atoms with Crippen LogP contribution in [-0.2, 0) is 25.7 Å². The number of methoxy groups -OCH3 is 1. The van der Waals surface area contributed by atoms with E-state index >= 15 is 0 Å². The molecule has 4 N–H and O–H groups in total. The van der Waals surface area contributed by atoms with Gasteiger partial charge in [-0.25, -0.2) is 19.3 Å². The van der Waals surface area contributed by atoms with Crippen molar-refractivity contribution < 1.29 is 38.1 Å². The van der Waals surface area contributed by atoms with Gasteiger partial charge < -0.3 is 40.3 Å². The fourth-order valence-corrected chi connectivity index (χ4v) is 10.4. The maximum atomic E-state index is 14.0. The number of unbranched alkanes of at least 4 members (excludes halogenated alkanes) is 6. The number of carbonyl (C=O) groups excluding carboxylic acids is 4. The van der Waals surface area contributed by atoms with Gasteiger partial charge in [-0.3, -0.25) is 24.1 Å². The zero-order valence-electron chi connectivity index (χ0n) is 43.3. The van der Waals surface area contributed by atoms with Gasteiger partial charge in [-0.2, -0.15) is 0 Å². The van der Waals surface area contributed by atoms with Crippen LogP contribution in [0.15, 0.2) is 66.4 Å². The minimum Gasteiger partial charge on any atom is -0.493 e. The van der Waals surface area contributed by atoms with Crippen LogP contribution in [0.25, 0.3) is 21.3 Å². The Hall–Kier alpha value is -5.95. The van der Waals surface area contributed by atoms with Crippen molar-refractivity contribution in [3.8, 4) is 21.9 Å². The van der Waals surface area contributed by atoms with Gasteiger partial charge in [0.2, 0.25) is 23.6 Å². The number of fused-ring (bicyclic) bond motifs is 1. The number of β-amino-alcohol motifs (C(OH)–C–C–N with tert-alkyl or cyclic N) is 1. The van der Waals surface area contributed by atoms with Crippen LogP contribution < -0.4 is 25.4 Å². The summed E-state index contributed by atoms with van der Waals surface area (Å²) in [6, 6.07) is 14.2. The number of amides is 4. The van der Waals surface area contributed by atoms with E-state index in [4.69, 9.17) is 21.1 Å². The first-order valence-corrected chi connectivity index (χ1v) is 27.1. The standard InChI is InChI=1S/C55H71ClFN9O7S/c1-36-50(74-35-61-36)38-18-16-37(17-19-38)32-58-53(70)45-29-40(67)33-66(45)54(71)51(55(2,3)4)63-48(68)14-11-9-7-6-8-10-12-15-49(69)65-25-23-64(24-26-65)22-13-27-73-47-30-41-44(31-46(47)72-5)59-34-60-52(41)62-39-20-21-43(57)42(56)28-39/h16-21,28,30-31,34-35,40,45,51,67H,6-15,22-27,29,32-33H2,1-5H3,(H,58,70)(H,63,68)(H,59,60,62). The number of hydrogen-bond donors (Lipinski definition) is 4. The van der Waals surface area contributed by atoms with E-state index in [2.05, 4.69) is 35.8 Å². The second kappa shape index (κ2) is 26.5. The van der Waals surface area contributed by atoms with Crippen molar-refractivity contribution in [2.24, 2.45) is 5.41 Å². The van der Waals surface area contributed by atoms with E-state index in [9.17, 15) is 28.7 Å². The fourth-order valence-electron chi connectivity index (χ4n) is 9.45. The van der Waals surface area contributed by atoms with Crippen molar-refractivity contribution >= 4 is 69.0 Å². The summed E-state index contributed by atoms with van der Waals surface area (Å²) in [7, 11) is 1.58. The monoisotopic (exact) mass is 1060 g/mol. The molecule has 0 spiro atoms. The minimum absolute atomic E-state index is 0.00491. The van der Waals surface area contributed by atoms with E-state index < -0.39 is 29.4 Å². The Morgan fingerprint density at radius 1 is 0.892 bits per heavy atom. The number of benzene rings is 3. The molecular formula is C55H71ClFN9O7S. The summed E-state index contributed by atoms with van der Waals surface area (Å²) in [4.78, 5) is 73.7. The van der Waals surface area contributed by atoms with Gasteiger partial charge in [0.05, 0.1) is 46.4 Å². The minimum atomic E-state index is -0.863. The predicted octanol–water partition coefficient (Wildman–Crippen LogP) is 8.84. The Balaban J connectivity index is 0.738. The number of piperazine rings is 1. The molecule has 2 fully saturated rings. The molecule has 16 nitrogen and oxygen atoms in total. The van der Waals surface area contributed by atoms with Crippen LogP contribution in [0, 0.1) is 18.2 Å². The van der Waals surface area contributed by atoms with Crippen molar-refractivity contribution in [2.45, 2.75) is 123 Å². The predicted molar refractivity (Wildman–Crippen MR) is 287 cm³/mol. The van der Waals surface area contributed by atoms with Crippen molar-refractivity contribution in [3.05, 3.63) is 88.5 Å². The summed E-state index contributed by atoms with van der Waals surface area (Å²) in [5.74, 6) is 0.413. The van der Waals surface area contributed by atoms with Crippen LogP contribution in [0.2, 0.25) is 5.02 Å². The van der Waals surface area contributed by atoms with Gasteiger partial charge in [0.15, 0.2) is 11.5 Å². The SMILES string of the molecule is COc1cc2ncnc(Nc3ccc(F)c(Cl)c3)c2cc1OCCCN1CCN(C(=O)CCCCCCCCCC(=O)NC(C(=O)N2CC(O)CC2C(=O)NCc2ccc(-c3scnc3C)cc2)C(C)(C)C)CC1. The number of carbonyl (C=O) groups is 4. The van der Waals surface area contributed by atoms with Gasteiger partial charge >= 0.3 is 0 Å². The number of aliphatic hydroxyl groups excluding tert-OH is 1. The summed E-state index contributed by atoms with van der Waals surface area (Å²) in [6.45, 7) is 12.3. The van der Waals surface area contributed by atoms with Gasteiger partial charge in [-0.05, 0) is 67.0 Å². The number of rotatable bonds is 24. The number of hydrogen-bond acceptors (Lipinski definition) is 13. The Morgan fingerprint density at radius 3 is 2.28 bits per heavy atom. The fraction of sp³-hybridized carbons (Fsp3) is 0.509. The van der Waals surface area contributed by atoms with Gasteiger partial charge in [-0.1, -0.05) is 88.7 Å². The topological polar surface area (TPSA) is 191 Å². The molecule has 4 heterocycles. The van der Waals surface area contributed by atoms with Crippen molar-refractivity contribution in [1.82, 2.24) is 40.3 Å². The first kappa shape index (κ1) is 55.8. The molecule has 2 aromatic heterocycles. The van der Waals surface area contributed by atoms with Gasteiger partial charge in [0.1, 0.15) is 30.0 Å². The molecule has 2 saturated heterocycles. The smallest absolute Gasteiger partial charge is 0.246 e. The zero-order chi connectivity index (χ0) is 52.8. The Morgan fingerprint density at radius 2 is 1.61 bits per heavy atom. The highest BCUT2D eigenvalue weighted by Crippen LogP contribution is 2.36. The third-order valence-corrected chi connectivity index (χ3v) is 15.0. The lowest BCUT2D eigenvalue weighted by Gasteiger charge is -2.35. The quantitative estimate of drug-likeness (QED) is 0.0430. The third kappa shape index (κ3) is 15.3. The maximum Gasteiger partial charge on any atom is 0.246 e. The molecule has 0 saturated carbocycles. The molecule has 0 radical (unpaired) electrons. The summed E-state index contributed by atoms with van der Waals surface area (Å²) >= 11 is 7.57. The third-order valence-electron chi connectivity index (χ3n) is 13.7. The highest BCUT2D eigenvalue weighted by atomic mass is 35.5. The summed E-state index contributed by atoms with van der Waals surface area (Å²) in [5.41, 5.74) is 5.37. The molecule has 2 aliphatic heterocycles. The Bertz CT molecular complexity index is 2700. The van der Waals surface area contributed by atoms with E-state index in [1.807, 2.05) is 68.4 Å². The lowest BCUT2D eigenvalue weighted by atomic mass is 9.85.